The molecule has 1 aromatic rings. The Morgan fingerprint density at radius 1 is 1.20 bits per heavy atom. The van der Waals surface area contributed by atoms with Gasteiger partial charge in [0.05, 0.1) is 17.0 Å². The van der Waals surface area contributed by atoms with E-state index < -0.39 is 23.3 Å². The highest BCUT2D eigenvalue weighted by atomic mass is 16.4. The first kappa shape index (κ1) is 18.6. The number of imide groups is 1. The maximum absolute atomic E-state index is 12.6. The number of nitrogens with two attached hydrogens (primary N) is 2. The number of hydrogen-bond donors (Lipinski definition) is 3. The molecule has 1 heterocycles. The van der Waals surface area contributed by atoms with Crippen LogP contribution in [0.15, 0.2) is 29.3 Å². The van der Waals surface area contributed by atoms with Gasteiger partial charge in [-0.05, 0) is 38.3 Å². The van der Waals surface area contributed by atoms with E-state index in [1.165, 1.54) is 12.1 Å². The summed E-state index contributed by atoms with van der Waals surface area (Å²) in [6, 6.07) is 6.28. The van der Waals surface area contributed by atoms with Crippen molar-refractivity contribution in [2.24, 2.45) is 16.5 Å². The molecular weight excluding hydrogens is 324 g/mol. The molecule has 1 aliphatic heterocycles. The van der Waals surface area contributed by atoms with Crippen LogP contribution >= 0.6 is 0 Å². The summed E-state index contributed by atoms with van der Waals surface area (Å²) in [6.45, 7) is 1.76. The number of carbonyl (C=O) groups excluding carboxylic acids is 2. The van der Waals surface area contributed by atoms with E-state index in [1.807, 2.05) is 0 Å². The lowest BCUT2D eigenvalue weighted by molar-refractivity contribution is -0.148. The molecule has 1 atom stereocenters. The van der Waals surface area contributed by atoms with Crippen LogP contribution in [0.2, 0.25) is 0 Å². The van der Waals surface area contributed by atoms with Gasteiger partial charge in [0.15, 0.2) is 5.54 Å². The molecule has 2 amide bonds. The molecule has 5 N–H and O–H groups in total. The number of unbranched alkanes of at least 4 members (excludes halogenated alkanes) is 1. The van der Waals surface area contributed by atoms with Gasteiger partial charge in [0, 0.05) is 13.1 Å². The highest BCUT2D eigenvalue weighted by Gasteiger charge is 2.52. The number of rotatable bonds is 8. The third-order valence-electron chi connectivity index (χ3n) is 4.32. The molecule has 0 fully saturated rings. The predicted molar refractivity (Wildman–Crippen MR) is 92.4 cm³/mol. The maximum atomic E-state index is 12.6. The molecule has 0 aliphatic carbocycles. The molecule has 1 unspecified atom stereocenters. The molecule has 2 rings (SSSR count). The number of hydrogen-bond acceptors (Lipinski definition) is 5. The monoisotopic (exact) mass is 346 g/mol. The Bertz CT molecular complexity index is 692. The number of aliphatic imine (C=N–C) groups is 1. The van der Waals surface area contributed by atoms with Crippen molar-refractivity contribution in [1.82, 2.24) is 4.90 Å². The Labute approximate surface area is 145 Å². The molecule has 0 saturated carbocycles. The molecular formula is C17H22N4O4. The molecule has 8 nitrogen and oxygen atoms in total. The summed E-state index contributed by atoms with van der Waals surface area (Å²) in [6.07, 6.45) is 1.07. The Morgan fingerprint density at radius 2 is 1.76 bits per heavy atom. The van der Waals surface area contributed by atoms with Crippen LogP contribution in [0.1, 0.15) is 46.9 Å². The van der Waals surface area contributed by atoms with Gasteiger partial charge in [-0.1, -0.05) is 12.1 Å². The average molecular weight is 346 g/mol. The summed E-state index contributed by atoms with van der Waals surface area (Å²) in [4.78, 5) is 42.1. The number of amidine groups is 1. The number of carbonyl (C=O) groups is 3. The zero-order valence-corrected chi connectivity index (χ0v) is 14.1. The van der Waals surface area contributed by atoms with Crippen molar-refractivity contribution in [3.05, 3.63) is 35.4 Å². The van der Waals surface area contributed by atoms with Crippen molar-refractivity contribution < 1.29 is 19.5 Å². The van der Waals surface area contributed by atoms with Crippen molar-refractivity contribution in [3.63, 3.8) is 0 Å². The lowest BCUT2D eigenvalue weighted by Gasteiger charge is -2.35. The normalized spacial score (nSPS) is 16.7. The van der Waals surface area contributed by atoms with Gasteiger partial charge < -0.3 is 16.6 Å². The van der Waals surface area contributed by atoms with E-state index in [2.05, 4.69) is 4.99 Å². The average Bonchev–Trinajstić information content (AvgIpc) is 2.83. The lowest BCUT2D eigenvalue weighted by atomic mass is 9.90. The Hall–Kier alpha value is -2.74. The van der Waals surface area contributed by atoms with E-state index in [1.54, 1.807) is 19.1 Å². The van der Waals surface area contributed by atoms with Crippen LogP contribution in [-0.2, 0) is 4.79 Å². The highest BCUT2D eigenvalue weighted by Crippen LogP contribution is 2.32. The number of benzene rings is 1. The SMILES string of the molecule is CC(N)=NCCCCC(CN)(C(=O)O)N1C(=O)c2ccccc2C1=O. The van der Waals surface area contributed by atoms with E-state index in [9.17, 15) is 19.5 Å². The number of carboxylic acids is 1. The minimum absolute atomic E-state index is 0.0590. The van der Waals surface area contributed by atoms with Crippen LogP contribution in [0.25, 0.3) is 0 Å². The fourth-order valence-corrected chi connectivity index (χ4v) is 2.96. The minimum Gasteiger partial charge on any atom is -0.479 e. The molecule has 134 valence electrons. The molecule has 8 heteroatoms. The predicted octanol–water partition coefficient (Wildman–Crippen LogP) is 0.612. The highest BCUT2D eigenvalue weighted by molar-refractivity contribution is 6.23. The third-order valence-corrected chi connectivity index (χ3v) is 4.32. The summed E-state index contributed by atoms with van der Waals surface area (Å²) in [5.41, 5.74) is 9.83. The van der Waals surface area contributed by atoms with Gasteiger partial charge in [-0.15, -0.1) is 0 Å². The quantitative estimate of drug-likeness (QED) is 0.273. The summed E-state index contributed by atoms with van der Waals surface area (Å²) in [5.74, 6) is -2.08. The van der Waals surface area contributed by atoms with Gasteiger partial charge in [0.2, 0.25) is 0 Å². The van der Waals surface area contributed by atoms with Crippen LogP contribution in [0.3, 0.4) is 0 Å². The van der Waals surface area contributed by atoms with E-state index >= 15 is 0 Å². The van der Waals surface area contributed by atoms with Crippen molar-refractivity contribution in [1.29, 1.82) is 0 Å². The van der Waals surface area contributed by atoms with Gasteiger partial charge >= 0.3 is 5.97 Å². The van der Waals surface area contributed by atoms with Crippen molar-refractivity contribution in [2.45, 2.75) is 31.7 Å². The van der Waals surface area contributed by atoms with Gasteiger partial charge in [0.25, 0.3) is 11.8 Å². The molecule has 0 radical (unpaired) electrons. The van der Waals surface area contributed by atoms with Gasteiger partial charge in [-0.2, -0.15) is 0 Å². The van der Waals surface area contributed by atoms with Crippen LogP contribution in [0.5, 0.6) is 0 Å². The maximum Gasteiger partial charge on any atom is 0.331 e. The van der Waals surface area contributed by atoms with E-state index in [4.69, 9.17) is 11.5 Å². The number of aliphatic carboxylic acids is 1. The van der Waals surface area contributed by atoms with E-state index in [0.717, 1.165) is 4.90 Å². The van der Waals surface area contributed by atoms with Crippen LogP contribution in [0, 0.1) is 0 Å². The number of carboxylic acid groups (broad SMARTS) is 1. The first-order valence-corrected chi connectivity index (χ1v) is 8.03. The Kier molecular flexibility index (Phi) is 5.53. The Balaban J connectivity index is 2.26. The van der Waals surface area contributed by atoms with Crippen molar-refractivity contribution in [2.75, 3.05) is 13.1 Å². The van der Waals surface area contributed by atoms with Crippen LogP contribution < -0.4 is 11.5 Å². The first-order valence-electron chi connectivity index (χ1n) is 8.03. The third kappa shape index (κ3) is 3.39. The van der Waals surface area contributed by atoms with Crippen molar-refractivity contribution in [3.8, 4) is 0 Å². The fourth-order valence-electron chi connectivity index (χ4n) is 2.96. The zero-order valence-electron chi connectivity index (χ0n) is 14.1. The number of amides is 2. The summed E-state index contributed by atoms with van der Waals surface area (Å²) in [5, 5.41) is 9.77. The lowest BCUT2D eigenvalue weighted by Crippen LogP contribution is -2.61. The van der Waals surface area contributed by atoms with Gasteiger partial charge in [0.1, 0.15) is 0 Å². The summed E-state index contributed by atoms with van der Waals surface area (Å²) in [7, 11) is 0. The topological polar surface area (TPSA) is 139 Å². The molecule has 1 aliphatic rings. The fraction of sp³-hybridized carbons (Fsp3) is 0.412. The number of fused-ring (bicyclic) bond motifs is 1. The summed E-state index contributed by atoms with van der Waals surface area (Å²) < 4.78 is 0. The Morgan fingerprint density at radius 3 is 2.20 bits per heavy atom. The molecule has 25 heavy (non-hydrogen) atoms. The van der Waals surface area contributed by atoms with Crippen LogP contribution in [-0.4, -0.2) is 52.3 Å². The summed E-state index contributed by atoms with van der Waals surface area (Å²) >= 11 is 0. The minimum atomic E-state index is -1.77. The van der Waals surface area contributed by atoms with Crippen LogP contribution in [0.4, 0.5) is 0 Å². The smallest absolute Gasteiger partial charge is 0.331 e. The standard InChI is InChI=1S/C17H22N4O4/c1-11(19)20-9-5-4-8-17(10-18,16(24)25)21-14(22)12-6-2-3-7-13(12)15(21)23/h2-3,6-7H,4-5,8-10,18H2,1H3,(H2,19,20)(H,24,25). The molecule has 1 aromatic carbocycles. The van der Waals surface area contributed by atoms with E-state index in [0.29, 0.717) is 25.2 Å². The molecule has 0 spiro atoms. The zero-order chi connectivity index (χ0) is 18.6. The second kappa shape index (κ2) is 7.43. The van der Waals surface area contributed by atoms with E-state index in [-0.39, 0.29) is 24.1 Å². The second-order valence-electron chi connectivity index (χ2n) is 6.01. The molecule has 0 aromatic heterocycles. The van der Waals surface area contributed by atoms with Gasteiger partial charge in [-0.25, -0.2) is 4.79 Å². The van der Waals surface area contributed by atoms with Gasteiger partial charge in [-0.3, -0.25) is 19.5 Å². The number of nitrogens with zero attached hydrogens (tertiary/aromatic N) is 2. The molecule has 0 bridgehead atoms. The van der Waals surface area contributed by atoms with Crippen molar-refractivity contribution >= 4 is 23.6 Å². The molecule has 0 saturated heterocycles. The second-order valence-corrected chi connectivity index (χ2v) is 6.01. The largest absolute Gasteiger partial charge is 0.479 e. The first-order chi connectivity index (χ1) is 11.8.